The van der Waals surface area contributed by atoms with Crippen molar-refractivity contribution in [3.63, 3.8) is 0 Å². The van der Waals surface area contributed by atoms with Crippen molar-refractivity contribution in [3.8, 4) is 17.1 Å². The maximum absolute atomic E-state index is 12.1. The molecule has 4 nitrogen and oxygen atoms in total. The van der Waals surface area contributed by atoms with Crippen LogP contribution in [0.4, 0.5) is 5.69 Å². The van der Waals surface area contributed by atoms with Crippen LogP contribution in [0.2, 0.25) is 10.0 Å². The lowest BCUT2D eigenvalue weighted by atomic mass is 10.2. The molecular formula is C20H15Cl2NO3. The number of halogens is 2. The molecule has 0 spiro atoms. The Morgan fingerprint density at radius 1 is 1.08 bits per heavy atom. The minimum absolute atomic E-state index is 0.298. The predicted molar refractivity (Wildman–Crippen MR) is 105 cm³/mol. The minimum atomic E-state index is -0.298. The van der Waals surface area contributed by atoms with Crippen LogP contribution in [-0.2, 0) is 4.79 Å². The first-order valence-electron chi connectivity index (χ1n) is 7.75. The molecule has 132 valence electrons. The van der Waals surface area contributed by atoms with E-state index in [-0.39, 0.29) is 5.91 Å². The third-order valence-corrected chi connectivity index (χ3v) is 4.43. The van der Waals surface area contributed by atoms with Gasteiger partial charge in [0.05, 0.1) is 22.8 Å². The van der Waals surface area contributed by atoms with E-state index in [0.717, 1.165) is 0 Å². The molecule has 2 aromatic carbocycles. The lowest BCUT2D eigenvalue weighted by Gasteiger charge is -2.07. The van der Waals surface area contributed by atoms with Gasteiger partial charge < -0.3 is 14.5 Å². The smallest absolute Gasteiger partial charge is 0.248 e. The summed E-state index contributed by atoms with van der Waals surface area (Å²) in [5.74, 6) is 1.38. The van der Waals surface area contributed by atoms with Gasteiger partial charge in [0, 0.05) is 11.6 Å². The molecule has 0 unspecified atom stereocenters. The summed E-state index contributed by atoms with van der Waals surface area (Å²) in [6.45, 7) is 0. The number of carbonyl (C=O) groups excluding carboxylic acids is 1. The van der Waals surface area contributed by atoms with Crippen LogP contribution in [0.3, 0.4) is 0 Å². The Morgan fingerprint density at radius 2 is 1.88 bits per heavy atom. The standard InChI is InChI=1S/C20H15Cl2NO3/c1-25-18-8-3-2-7-16(18)23-19(24)12-10-13-9-11-17(26-13)14-5-4-6-15(21)20(14)22/h2-12H,1H3,(H,23,24). The van der Waals surface area contributed by atoms with Gasteiger partial charge in [-0.2, -0.15) is 0 Å². The van der Waals surface area contributed by atoms with Crippen molar-refractivity contribution in [1.82, 2.24) is 0 Å². The van der Waals surface area contributed by atoms with E-state index in [2.05, 4.69) is 5.32 Å². The second-order valence-electron chi connectivity index (χ2n) is 5.33. The summed E-state index contributed by atoms with van der Waals surface area (Å²) in [5.41, 5.74) is 1.28. The Balaban J connectivity index is 1.72. The van der Waals surface area contributed by atoms with E-state index < -0.39 is 0 Å². The van der Waals surface area contributed by atoms with E-state index in [1.54, 1.807) is 49.6 Å². The summed E-state index contributed by atoms with van der Waals surface area (Å²) in [5, 5.41) is 3.63. The lowest BCUT2D eigenvalue weighted by Crippen LogP contribution is -2.08. The molecule has 26 heavy (non-hydrogen) atoms. The Hall–Kier alpha value is -2.69. The fourth-order valence-electron chi connectivity index (χ4n) is 2.36. The molecule has 0 radical (unpaired) electrons. The highest BCUT2D eigenvalue weighted by molar-refractivity contribution is 6.43. The third-order valence-electron chi connectivity index (χ3n) is 3.61. The fraction of sp³-hybridized carbons (Fsp3) is 0.0500. The van der Waals surface area contributed by atoms with Crippen molar-refractivity contribution in [2.24, 2.45) is 0 Å². The SMILES string of the molecule is COc1ccccc1NC(=O)C=Cc1ccc(-c2cccc(Cl)c2Cl)o1. The molecule has 0 atom stereocenters. The first-order chi connectivity index (χ1) is 12.6. The molecule has 0 saturated heterocycles. The highest BCUT2D eigenvalue weighted by atomic mass is 35.5. The average molecular weight is 388 g/mol. The number of amides is 1. The van der Waals surface area contributed by atoms with E-state index in [9.17, 15) is 4.79 Å². The molecular weight excluding hydrogens is 373 g/mol. The molecule has 1 amide bonds. The molecule has 0 bridgehead atoms. The van der Waals surface area contributed by atoms with Gasteiger partial charge in [-0.1, -0.05) is 41.4 Å². The van der Waals surface area contributed by atoms with Crippen molar-refractivity contribution in [2.75, 3.05) is 12.4 Å². The van der Waals surface area contributed by atoms with Crippen LogP contribution < -0.4 is 10.1 Å². The van der Waals surface area contributed by atoms with Gasteiger partial charge in [-0.05, 0) is 42.5 Å². The van der Waals surface area contributed by atoms with Crippen molar-refractivity contribution < 1.29 is 13.9 Å². The van der Waals surface area contributed by atoms with Crippen LogP contribution in [0.5, 0.6) is 5.75 Å². The summed E-state index contributed by atoms with van der Waals surface area (Å²) < 4.78 is 10.9. The summed E-state index contributed by atoms with van der Waals surface area (Å²) in [4.78, 5) is 12.1. The molecule has 1 heterocycles. The topological polar surface area (TPSA) is 51.5 Å². The Morgan fingerprint density at radius 3 is 2.69 bits per heavy atom. The summed E-state index contributed by atoms with van der Waals surface area (Å²) in [7, 11) is 1.55. The van der Waals surface area contributed by atoms with Gasteiger partial charge in [-0.15, -0.1) is 0 Å². The zero-order valence-corrected chi connectivity index (χ0v) is 15.3. The van der Waals surface area contributed by atoms with E-state index in [1.807, 2.05) is 18.2 Å². The van der Waals surface area contributed by atoms with Gasteiger partial charge in [0.2, 0.25) is 5.91 Å². The van der Waals surface area contributed by atoms with Gasteiger partial charge in [0.15, 0.2) is 0 Å². The number of benzene rings is 2. The first kappa shape index (κ1) is 18.1. The van der Waals surface area contributed by atoms with Crippen LogP contribution in [0.1, 0.15) is 5.76 Å². The van der Waals surface area contributed by atoms with Crippen molar-refractivity contribution in [2.45, 2.75) is 0 Å². The molecule has 6 heteroatoms. The number of hydrogen-bond donors (Lipinski definition) is 1. The molecule has 1 aromatic heterocycles. The predicted octanol–water partition coefficient (Wildman–Crippen LogP) is 5.91. The zero-order valence-electron chi connectivity index (χ0n) is 13.8. The summed E-state index contributed by atoms with van der Waals surface area (Å²) >= 11 is 12.2. The largest absolute Gasteiger partial charge is 0.495 e. The Kier molecular flexibility index (Phi) is 5.66. The average Bonchev–Trinajstić information content (AvgIpc) is 3.11. The van der Waals surface area contributed by atoms with Crippen molar-refractivity contribution in [3.05, 3.63) is 76.5 Å². The number of methoxy groups -OCH3 is 1. The quantitative estimate of drug-likeness (QED) is 0.553. The number of carbonyl (C=O) groups is 1. The third kappa shape index (κ3) is 4.10. The lowest BCUT2D eigenvalue weighted by molar-refractivity contribution is -0.111. The van der Waals surface area contributed by atoms with E-state index >= 15 is 0 Å². The molecule has 0 fully saturated rings. The van der Waals surface area contributed by atoms with Crippen LogP contribution >= 0.6 is 23.2 Å². The number of furan rings is 1. The number of nitrogens with one attached hydrogen (secondary N) is 1. The van der Waals surface area contributed by atoms with E-state index in [1.165, 1.54) is 6.08 Å². The maximum atomic E-state index is 12.1. The number of anilines is 1. The Labute approximate surface area is 161 Å². The zero-order chi connectivity index (χ0) is 18.5. The molecule has 0 saturated carbocycles. The van der Waals surface area contributed by atoms with Crippen molar-refractivity contribution in [1.29, 1.82) is 0 Å². The number of rotatable bonds is 5. The van der Waals surface area contributed by atoms with Crippen molar-refractivity contribution >= 4 is 40.9 Å². The van der Waals surface area contributed by atoms with E-state index in [4.69, 9.17) is 32.4 Å². The Bertz CT molecular complexity index is 963. The second kappa shape index (κ2) is 8.13. The van der Waals surface area contributed by atoms with Crippen LogP contribution in [0, 0.1) is 0 Å². The minimum Gasteiger partial charge on any atom is -0.495 e. The number of hydrogen-bond acceptors (Lipinski definition) is 3. The van der Waals surface area contributed by atoms with Gasteiger partial charge in [-0.3, -0.25) is 4.79 Å². The molecule has 1 N–H and O–H groups in total. The van der Waals surface area contributed by atoms with Crippen LogP contribution in [-0.4, -0.2) is 13.0 Å². The summed E-state index contributed by atoms with van der Waals surface area (Å²) in [6, 6.07) is 16.0. The molecule has 3 aromatic rings. The van der Waals surface area contributed by atoms with Gasteiger partial charge in [0.1, 0.15) is 17.3 Å². The van der Waals surface area contributed by atoms with Gasteiger partial charge in [-0.25, -0.2) is 0 Å². The van der Waals surface area contributed by atoms with Crippen LogP contribution in [0.15, 0.2) is 65.1 Å². The highest BCUT2D eigenvalue weighted by Crippen LogP contribution is 2.34. The molecule has 0 aliphatic rings. The first-order valence-corrected chi connectivity index (χ1v) is 8.50. The monoisotopic (exact) mass is 387 g/mol. The maximum Gasteiger partial charge on any atom is 0.248 e. The molecule has 0 aliphatic carbocycles. The van der Waals surface area contributed by atoms with Gasteiger partial charge in [0.25, 0.3) is 0 Å². The van der Waals surface area contributed by atoms with E-state index in [0.29, 0.717) is 38.6 Å². The van der Waals surface area contributed by atoms with Gasteiger partial charge >= 0.3 is 0 Å². The fourth-order valence-corrected chi connectivity index (χ4v) is 2.76. The molecule has 3 rings (SSSR count). The second-order valence-corrected chi connectivity index (χ2v) is 6.11. The highest BCUT2D eigenvalue weighted by Gasteiger charge is 2.10. The summed E-state index contributed by atoms with van der Waals surface area (Å²) in [6.07, 6.45) is 2.96. The normalized spacial score (nSPS) is 10.9. The number of para-hydroxylation sites is 2. The molecule has 0 aliphatic heterocycles. The van der Waals surface area contributed by atoms with Crippen LogP contribution in [0.25, 0.3) is 17.4 Å². The number of ether oxygens (including phenoxy) is 1.